The minimum absolute atomic E-state index is 0.748. The first kappa shape index (κ1) is 27.4. The molecule has 7 aromatic rings. The van der Waals surface area contributed by atoms with Crippen molar-refractivity contribution in [2.45, 2.75) is 0 Å². The van der Waals surface area contributed by atoms with Crippen molar-refractivity contribution < 1.29 is 0 Å². The molecular formula is C42H30ClNSi. The Morgan fingerprint density at radius 1 is 0.378 bits per heavy atom. The third-order valence-corrected chi connectivity index (χ3v) is 14.1. The molecule has 1 heterocycles. The number of rotatable bonds is 6. The van der Waals surface area contributed by atoms with Crippen LogP contribution in [0.4, 0.5) is 17.1 Å². The lowest BCUT2D eigenvalue weighted by molar-refractivity contribution is 1.29. The summed E-state index contributed by atoms with van der Waals surface area (Å²) in [6, 6.07) is 66.0. The normalized spacial score (nSPS) is 12.7. The van der Waals surface area contributed by atoms with Crippen molar-refractivity contribution in [1.29, 1.82) is 0 Å². The molecule has 0 radical (unpaired) electrons. The van der Waals surface area contributed by atoms with Gasteiger partial charge in [-0.15, -0.1) is 0 Å². The highest BCUT2D eigenvalue weighted by molar-refractivity contribution is 7.22. The fourth-order valence-corrected chi connectivity index (χ4v) is 12.5. The quantitative estimate of drug-likeness (QED) is 0.170. The first-order valence-corrected chi connectivity index (χ1v) is 17.7. The van der Waals surface area contributed by atoms with E-state index < -0.39 is 8.07 Å². The van der Waals surface area contributed by atoms with Gasteiger partial charge in [-0.25, -0.2) is 0 Å². The first-order chi connectivity index (χ1) is 22.2. The van der Waals surface area contributed by atoms with Crippen molar-refractivity contribution in [3.05, 3.63) is 187 Å². The predicted molar refractivity (Wildman–Crippen MR) is 194 cm³/mol. The first-order valence-electron chi connectivity index (χ1n) is 15.3. The molecule has 8 rings (SSSR count). The second kappa shape index (κ2) is 11.4. The van der Waals surface area contributed by atoms with Crippen molar-refractivity contribution in [3.8, 4) is 22.3 Å². The summed E-state index contributed by atoms with van der Waals surface area (Å²) in [7, 11) is -2.67. The Balaban J connectivity index is 1.43. The lowest BCUT2D eigenvalue weighted by Gasteiger charge is -2.32. The van der Waals surface area contributed by atoms with Gasteiger partial charge in [-0.3, -0.25) is 0 Å². The van der Waals surface area contributed by atoms with E-state index in [2.05, 4.69) is 175 Å². The Morgan fingerprint density at radius 3 is 1.51 bits per heavy atom. The molecule has 0 amide bonds. The molecule has 0 unspecified atom stereocenters. The van der Waals surface area contributed by atoms with Gasteiger partial charge in [0.15, 0.2) is 8.07 Å². The van der Waals surface area contributed by atoms with Gasteiger partial charge in [-0.2, -0.15) is 0 Å². The van der Waals surface area contributed by atoms with E-state index in [4.69, 9.17) is 11.6 Å². The highest BCUT2D eigenvalue weighted by Gasteiger charge is 2.48. The van der Waals surface area contributed by atoms with Crippen LogP contribution in [-0.2, 0) is 0 Å². The lowest BCUT2D eigenvalue weighted by atomic mass is 10.00. The van der Waals surface area contributed by atoms with Gasteiger partial charge in [-0.1, -0.05) is 145 Å². The molecule has 214 valence electrons. The van der Waals surface area contributed by atoms with E-state index in [0.717, 1.165) is 27.6 Å². The maximum Gasteiger partial charge on any atom is 0.180 e. The molecule has 1 aliphatic rings. The summed E-state index contributed by atoms with van der Waals surface area (Å²) in [4.78, 5) is 2.35. The average Bonchev–Trinajstić information content (AvgIpc) is 3.40. The zero-order valence-electron chi connectivity index (χ0n) is 24.6. The summed E-state index contributed by atoms with van der Waals surface area (Å²) in [6.07, 6.45) is 0. The molecule has 0 saturated heterocycles. The maximum absolute atomic E-state index is 6.48. The van der Waals surface area contributed by atoms with Crippen molar-refractivity contribution in [2.24, 2.45) is 0 Å². The van der Waals surface area contributed by atoms with Crippen LogP contribution in [0.1, 0.15) is 0 Å². The Labute approximate surface area is 270 Å². The van der Waals surface area contributed by atoms with Crippen LogP contribution in [0.3, 0.4) is 0 Å². The summed E-state index contributed by atoms with van der Waals surface area (Å²) in [6.45, 7) is 0. The Kier molecular flexibility index (Phi) is 6.94. The number of anilines is 3. The summed E-state index contributed by atoms with van der Waals surface area (Å²) >= 11 is 6.48. The van der Waals surface area contributed by atoms with Gasteiger partial charge in [0.2, 0.25) is 0 Å². The molecule has 7 aromatic carbocycles. The van der Waals surface area contributed by atoms with Crippen LogP contribution in [0, 0.1) is 0 Å². The van der Waals surface area contributed by atoms with Crippen LogP contribution in [0.2, 0.25) is 5.02 Å². The Bertz CT molecular complexity index is 2030. The molecule has 1 nitrogen and oxygen atoms in total. The number of hydrogen-bond donors (Lipinski definition) is 0. The van der Waals surface area contributed by atoms with Crippen molar-refractivity contribution in [3.63, 3.8) is 0 Å². The van der Waals surface area contributed by atoms with E-state index in [0.29, 0.717) is 0 Å². The molecule has 45 heavy (non-hydrogen) atoms. The van der Waals surface area contributed by atoms with Crippen molar-refractivity contribution in [2.75, 3.05) is 4.90 Å². The van der Waals surface area contributed by atoms with Crippen molar-refractivity contribution >= 4 is 57.5 Å². The largest absolute Gasteiger partial charge is 0.310 e. The summed E-state index contributed by atoms with van der Waals surface area (Å²) in [5.74, 6) is 0. The van der Waals surface area contributed by atoms with E-state index in [1.54, 1.807) is 0 Å². The summed E-state index contributed by atoms with van der Waals surface area (Å²) in [5, 5.41) is 6.35. The molecule has 0 saturated carbocycles. The van der Waals surface area contributed by atoms with Crippen LogP contribution in [0.15, 0.2) is 182 Å². The van der Waals surface area contributed by atoms with Gasteiger partial charge < -0.3 is 4.90 Å². The fraction of sp³-hybridized carbons (Fsp3) is 0. The molecule has 0 fully saturated rings. The number of para-hydroxylation sites is 2. The SMILES string of the molecule is Clc1cccc(-c2ccc3c(c2)[Si](c2ccccc2)(c2ccccc2)c2ccc(N(c4ccccc4)c4ccccc4)cc2-3)c1. The molecule has 0 spiro atoms. The van der Waals surface area contributed by atoms with Crippen LogP contribution in [0.25, 0.3) is 22.3 Å². The van der Waals surface area contributed by atoms with Gasteiger partial charge in [0.1, 0.15) is 0 Å². The van der Waals surface area contributed by atoms with Gasteiger partial charge in [0, 0.05) is 22.1 Å². The third-order valence-electron chi connectivity index (χ3n) is 8.98. The van der Waals surface area contributed by atoms with E-state index >= 15 is 0 Å². The minimum Gasteiger partial charge on any atom is -0.310 e. The van der Waals surface area contributed by atoms with Gasteiger partial charge in [0.25, 0.3) is 0 Å². The number of benzene rings is 7. The predicted octanol–water partition coefficient (Wildman–Crippen LogP) is 8.83. The molecule has 0 atom stereocenters. The average molecular weight is 612 g/mol. The van der Waals surface area contributed by atoms with Gasteiger partial charge >= 0.3 is 0 Å². The van der Waals surface area contributed by atoms with Gasteiger partial charge in [0.05, 0.1) is 0 Å². The Morgan fingerprint density at radius 2 is 0.933 bits per heavy atom. The van der Waals surface area contributed by atoms with Crippen LogP contribution >= 0.6 is 11.6 Å². The second-order valence-corrected chi connectivity index (χ2v) is 15.7. The van der Waals surface area contributed by atoms with E-state index in [1.807, 2.05) is 12.1 Å². The van der Waals surface area contributed by atoms with Crippen LogP contribution in [0.5, 0.6) is 0 Å². The smallest absolute Gasteiger partial charge is 0.180 e. The maximum atomic E-state index is 6.48. The number of hydrogen-bond acceptors (Lipinski definition) is 1. The Hall–Kier alpha value is -5.15. The lowest BCUT2D eigenvalue weighted by Crippen LogP contribution is -2.72. The highest BCUT2D eigenvalue weighted by Crippen LogP contribution is 2.39. The number of halogens is 1. The zero-order valence-corrected chi connectivity index (χ0v) is 26.4. The molecule has 0 aromatic heterocycles. The monoisotopic (exact) mass is 611 g/mol. The number of fused-ring (bicyclic) bond motifs is 3. The van der Waals surface area contributed by atoms with Crippen LogP contribution in [-0.4, -0.2) is 8.07 Å². The van der Waals surface area contributed by atoms with E-state index in [9.17, 15) is 0 Å². The molecular weight excluding hydrogens is 582 g/mol. The van der Waals surface area contributed by atoms with Crippen LogP contribution < -0.4 is 25.6 Å². The summed E-state index contributed by atoms with van der Waals surface area (Å²) < 4.78 is 0. The zero-order chi connectivity index (χ0) is 30.2. The minimum atomic E-state index is -2.67. The molecule has 0 aliphatic carbocycles. The van der Waals surface area contributed by atoms with E-state index in [-0.39, 0.29) is 0 Å². The topological polar surface area (TPSA) is 3.24 Å². The highest BCUT2D eigenvalue weighted by atomic mass is 35.5. The fourth-order valence-electron chi connectivity index (χ4n) is 7.07. The number of nitrogens with zero attached hydrogens (tertiary/aromatic N) is 1. The molecule has 0 N–H and O–H groups in total. The molecule has 0 bridgehead atoms. The van der Waals surface area contributed by atoms with Gasteiger partial charge in [-0.05, 0) is 91.5 Å². The standard InChI is InChI=1S/C42H30ClNSi/c43-33-15-13-14-31(28-33)32-24-26-39-40-30-36(44(34-16-5-1-6-17-34)35-18-7-2-8-19-35)25-27-41(40)45(42(39)29-32,37-20-9-3-10-21-37)38-22-11-4-12-23-38/h1-30H. The van der Waals surface area contributed by atoms with Crippen molar-refractivity contribution in [1.82, 2.24) is 0 Å². The third kappa shape index (κ3) is 4.62. The van der Waals surface area contributed by atoms with E-state index in [1.165, 1.54) is 37.4 Å². The molecule has 1 aliphatic heterocycles. The second-order valence-electron chi connectivity index (χ2n) is 11.5. The molecule has 3 heteroatoms. The summed E-state index contributed by atoms with van der Waals surface area (Å²) in [5.41, 5.74) is 8.32.